The number of carbonyl (C=O) groups is 3. The number of benzene rings is 1. The number of carboxylic acid groups (broad SMARTS) is 1. The van der Waals surface area contributed by atoms with E-state index in [1.54, 1.807) is 0 Å². The third kappa shape index (κ3) is 4.67. The minimum Gasteiger partial charge on any atom is -0.508 e. The fourth-order valence-electron chi connectivity index (χ4n) is 1.74. The van der Waals surface area contributed by atoms with Crippen LogP contribution in [0.15, 0.2) is 24.3 Å². The van der Waals surface area contributed by atoms with Crippen molar-refractivity contribution in [1.82, 2.24) is 5.32 Å². The lowest BCUT2D eigenvalue weighted by atomic mass is 9.96. The SMILES string of the molecule is N=C(C(=O)CN)C(CCNC(=O)c1ccc(O)cc1)C(=O)O. The van der Waals surface area contributed by atoms with E-state index in [2.05, 4.69) is 5.32 Å². The van der Waals surface area contributed by atoms with Crippen LogP contribution in [0, 0.1) is 11.3 Å². The summed E-state index contributed by atoms with van der Waals surface area (Å²) >= 11 is 0. The van der Waals surface area contributed by atoms with Crippen molar-refractivity contribution in [2.45, 2.75) is 6.42 Å². The molecule has 1 rings (SSSR count). The van der Waals surface area contributed by atoms with Crippen molar-refractivity contribution in [3.8, 4) is 5.75 Å². The first-order valence-corrected chi connectivity index (χ1v) is 6.48. The van der Waals surface area contributed by atoms with Gasteiger partial charge in [-0.05, 0) is 30.7 Å². The smallest absolute Gasteiger partial charge is 0.312 e. The number of nitrogens with one attached hydrogen (secondary N) is 2. The molecule has 8 nitrogen and oxygen atoms in total. The Morgan fingerprint density at radius 1 is 1.23 bits per heavy atom. The third-order valence-electron chi connectivity index (χ3n) is 2.98. The molecule has 0 aliphatic rings. The summed E-state index contributed by atoms with van der Waals surface area (Å²) < 4.78 is 0. The normalized spacial score (nSPS) is 11.5. The number of rotatable bonds is 8. The molecule has 0 saturated carbocycles. The number of Topliss-reactive ketones (excluding diaryl/α,β-unsaturated/α-hetero) is 1. The Labute approximate surface area is 126 Å². The largest absolute Gasteiger partial charge is 0.508 e. The van der Waals surface area contributed by atoms with Crippen LogP contribution >= 0.6 is 0 Å². The van der Waals surface area contributed by atoms with Gasteiger partial charge in [0, 0.05) is 12.1 Å². The van der Waals surface area contributed by atoms with Crippen LogP contribution in [0.2, 0.25) is 0 Å². The van der Waals surface area contributed by atoms with Crippen LogP contribution < -0.4 is 11.1 Å². The Bertz CT molecular complexity index is 583. The van der Waals surface area contributed by atoms with Crippen molar-refractivity contribution in [3.63, 3.8) is 0 Å². The fraction of sp³-hybridized carbons (Fsp3) is 0.286. The Kier molecular flexibility index (Phi) is 6.21. The minimum atomic E-state index is -1.31. The summed E-state index contributed by atoms with van der Waals surface area (Å²) in [6.07, 6.45) is -0.0935. The molecule has 118 valence electrons. The van der Waals surface area contributed by atoms with E-state index in [4.69, 9.17) is 21.4 Å². The number of carboxylic acids is 1. The van der Waals surface area contributed by atoms with Gasteiger partial charge in [-0.25, -0.2) is 0 Å². The van der Waals surface area contributed by atoms with E-state index in [1.165, 1.54) is 24.3 Å². The number of phenolic OH excluding ortho intramolecular Hbond substituents is 1. The van der Waals surface area contributed by atoms with Gasteiger partial charge in [-0.15, -0.1) is 0 Å². The van der Waals surface area contributed by atoms with Crippen LogP contribution in [-0.2, 0) is 9.59 Å². The standard InChI is InChI=1S/C14H17N3O5/c15-7-11(19)12(16)10(14(21)22)5-6-17-13(20)8-1-3-9(18)4-2-8/h1-4,10,16,18H,5-7,15H2,(H,17,20)(H,21,22). The van der Waals surface area contributed by atoms with Crippen molar-refractivity contribution in [3.05, 3.63) is 29.8 Å². The molecule has 22 heavy (non-hydrogen) atoms. The summed E-state index contributed by atoms with van der Waals surface area (Å²) in [6, 6.07) is 5.54. The zero-order valence-corrected chi connectivity index (χ0v) is 11.7. The van der Waals surface area contributed by atoms with E-state index < -0.39 is 35.8 Å². The molecular formula is C14H17N3O5. The van der Waals surface area contributed by atoms with Gasteiger partial charge in [-0.1, -0.05) is 0 Å². The Hall–Kier alpha value is -2.74. The molecule has 1 aromatic rings. The highest BCUT2D eigenvalue weighted by Gasteiger charge is 2.26. The van der Waals surface area contributed by atoms with Crippen molar-refractivity contribution in [1.29, 1.82) is 5.41 Å². The monoisotopic (exact) mass is 307 g/mol. The first-order chi connectivity index (χ1) is 10.4. The molecule has 1 amide bonds. The number of carbonyl (C=O) groups excluding carboxylic acids is 2. The maximum absolute atomic E-state index is 11.8. The summed E-state index contributed by atoms with van der Waals surface area (Å²) in [5.41, 5.74) is 4.83. The summed E-state index contributed by atoms with van der Waals surface area (Å²) in [6.45, 7) is -0.445. The highest BCUT2D eigenvalue weighted by atomic mass is 16.4. The minimum absolute atomic E-state index is 0.0170. The highest BCUT2D eigenvalue weighted by molar-refractivity contribution is 6.42. The molecule has 6 N–H and O–H groups in total. The van der Waals surface area contributed by atoms with Crippen LogP contribution in [0.25, 0.3) is 0 Å². The molecule has 0 heterocycles. The predicted molar refractivity (Wildman–Crippen MR) is 78.0 cm³/mol. The van der Waals surface area contributed by atoms with Crippen molar-refractivity contribution < 1.29 is 24.6 Å². The van der Waals surface area contributed by atoms with Gasteiger partial charge in [0.15, 0.2) is 5.78 Å². The van der Waals surface area contributed by atoms with Crippen LogP contribution in [0.5, 0.6) is 5.75 Å². The van der Waals surface area contributed by atoms with Crippen LogP contribution in [-0.4, -0.2) is 46.7 Å². The second-order valence-corrected chi connectivity index (χ2v) is 4.52. The molecule has 0 fully saturated rings. The third-order valence-corrected chi connectivity index (χ3v) is 2.98. The molecule has 0 saturated heterocycles. The average molecular weight is 307 g/mol. The number of hydrogen-bond acceptors (Lipinski definition) is 6. The summed E-state index contributed by atoms with van der Waals surface area (Å²) in [5.74, 6) is -3.78. The average Bonchev–Trinajstić information content (AvgIpc) is 2.50. The molecule has 0 bridgehead atoms. The number of aromatic hydroxyl groups is 1. The lowest BCUT2D eigenvalue weighted by Crippen LogP contribution is -2.36. The number of phenols is 1. The molecule has 0 aliphatic heterocycles. The molecule has 0 aromatic heterocycles. The van der Waals surface area contributed by atoms with Gasteiger partial charge in [0.1, 0.15) is 11.7 Å². The number of ketones is 1. The molecule has 0 aliphatic carbocycles. The lowest BCUT2D eigenvalue weighted by Gasteiger charge is -2.13. The summed E-state index contributed by atoms with van der Waals surface area (Å²) in [5, 5.41) is 28.1. The summed E-state index contributed by atoms with van der Waals surface area (Å²) in [4.78, 5) is 34.1. The number of aliphatic carboxylic acids is 1. The topological polar surface area (TPSA) is 154 Å². The van der Waals surface area contributed by atoms with Gasteiger partial charge in [-0.3, -0.25) is 14.4 Å². The van der Waals surface area contributed by atoms with E-state index in [0.29, 0.717) is 5.56 Å². The van der Waals surface area contributed by atoms with Crippen LogP contribution in [0.1, 0.15) is 16.8 Å². The van der Waals surface area contributed by atoms with E-state index in [0.717, 1.165) is 0 Å². The first-order valence-electron chi connectivity index (χ1n) is 6.48. The number of amides is 1. The van der Waals surface area contributed by atoms with Gasteiger partial charge in [-0.2, -0.15) is 0 Å². The highest BCUT2D eigenvalue weighted by Crippen LogP contribution is 2.10. The second-order valence-electron chi connectivity index (χ2n) is 4.52. The zero-order chi connectivity index (χ0) is 16.7. The molecule has 1 aromatic carbocycles. The van der Waals surface area contributed by atoms with Crippen molar-refractivity contribution in [2.24, 2.45) is 11.7 Å². The predicted octanol–water partition coefficient (Wildman–Crippen LogP) is -0.240. The Morgan fingerprint density at radius 3 is 2.32 bits per heavy atom. The van der Waals surface area contributed by atoms with Crippen LogP contribution in [0.3, 0.4) is 0 Å². The van der Waals surface area contributed by atoms with Crippen LogP contribution in [0.4, 0.5) is 0 Å². The maximum atomic E-state index is 11.8. The lowest BCUT2D eigenvalue weighted by molar-refractivity contribution is -0.140. The van der Waals surface area contributed by atoms with Gasteiger partial charge in [0.2, 0.25) is 0 Å². The maximum Gasteiger partial charge on any atom is 0.312 e. The fourth-order valence-corrected chi connectivity index (χ4v) is 1.74. The van der Waals surface area contributed by atoms with Gasteiger partial charge < -0.3 is 26.7 Å². The molecule has 1 unspecified atom stereocenters. The summed E-state index contributed by atoms with van der Waals surface area (Å²) in [7, 11) is 0. The van der Waals surface area contributed by atoms with E-state index in [1.807, 2.05) is 0 Å². The first kappa shape index (κ1) is 17.3. The molecule has 1 atom stereocenters. The van der Waals surface area contributed by atoms with E-state index in [9.17, 15) is 14.4 Å². The Balaban J connectivity index is 2.58. The van der Waals surface area contributed by atoms with Crippen molar-refractivity contribution >= 4 is 23.4 Å². The van der Waals surface area contributed by atoms with Gasteiger partial charge in [0.05, 0.1) is 12.3 Å². The molecule has 8 heteroatoms. The van der Waals surface area contributed by atoms with Gasteiger partial charge in [0.25, 0.3) is 5.91 Å². The van der Waals surface area contributed by atoms with Gasteiger partial charge >= 0.3 is 5.97 Å². The molecule has 0 spiro atoms. The zero-order valence-electron chi connectivity index (χ0n) is 11.7. The number of nitrogens with two attached hydrogens (primary N) is 1. The van der Waals surface area contributed by atoms with E-state index >= 15 is 0 Å². The van der Waals surface area contributed by atoms with Crippen molar-refractivity contribution in [2.75, 3.05) is 13.1 Å². The van der Waals surface area contributed by atoms with E-state index in [-0.39, 0.29) is 18.7 Å². The Morgan fingerprint density at radius 2 is 1.82 bits per heavy atom. The number of hydrogen-bond donors (Lipinski definition) is 5. The second kappa shape index (κ2) is 7.89. The molecular weight excluding hydrogens is 290 g/mol. The molecule has 0 radical (unpaired) electrons. The quantitative estimate of drug-likeness (QED) is 0.418.